The molecule has 0 aromatic carbocycles. The number of rotatable bonds is 2. The second kappa shape index (κ2) is 5.61. The maximum absolute atomic E-state index is 12.5. The minimum atomic E-state index is -0.106. The van der Waals surface area contributed by atoms with Crippen LogP contribution in [-0.4, -0.2) is 52.8 Å². The minimum absolute atomic E-state index is 0.0573. The molecule has 3 rings (SSSR count). The van der Waals surface area contributed by atoms with E-state index >= 15 is 0 Å². The van der Waals surface area contributed by atoms with Gasteiger partial charge in [-0.3, -0.25) is 14.6 Å². The summed E-state index contributed by atoms with van der Waals surface area (Å²) in [5.41, 5.74) is 0.762. The molecule has 2 aliphatic heterocycles. The lowest BCUT2D eigenvalue weighted by molar-refractivity contribution is 0.0749. The molecule has 0 N–H and O–H groups in total. The zero-order chi connectivity index (χ0) is 13.9. The maximum atomic E-state index is 12.5. The summed E-state index contributed by atoms with van der Waals surface area (Å²) in [4.78, 5) is 32.8. The van der Waals surface area contributed by atoms with Crippen LogP contribution in [0.2, 0.25) is 0 Å². The van der Waals surface area contributed by atoms with Crippen molar-refractivity contribution in [3.05, 3.63) is 29.6 Å². The Bertz CT molecular complexity index is 471. The van der Waals surface area contributed by atoms with Crippen molar-refractivity contribution >= 4 is 11.8 Å². The first-order chi connectivity index (χ1) is 9.77. The summed E-state index contributed by atoms with van der Waals surface area (Å²) in [5.74, 6) is -0.163. The Morgan fingerprint density at radius 2 is 1.45 bits per heavy atom. The van der Waals surface area contributed by atoms with Crippen LogP contribution in [-0.2, 0) is 0 Å². The predicted octanol–water partition coefficient (Wildman–Crippen LogP) is 1.55. The Hall–Kier alpha value is -1.91. The van der Waals surface area contributed by atoms with Gasteiger partial charge in [-0.2, -0.15) is 0 Å². The van der Waals surface area contributed by atoms with Gasteiger partial charge < -0.3 is 9.80 Å². The highest BCUT2D eigenvalue weighted by molar-refractivity contribution is 6.06. The largest absolute Gasteiger partial charge is 0.339 e. The van der Waals surface area contributed by atoms with Crippen LogP contribution < -0.4 is 0 Å². The van der Waals surface area contributed by atoms with Crippen LogP contribution in [0.15, 0.2) is 18.3 Å². The third kappa shape index (κ3) is 2.40. The van der Waals surface area contributed by atoms with Gasteiger partial charge in [-0.25, -0.2) is 0 Å². The molecule has 0 spiro atoms. The van der Waals surface area contributed by atoms with Gasteiger partial charge in [-0.1, -0.05) is 0 Å². The fourth-order valence-electron chi connectivity index (χ4n) is 2.91. The third-order valence-corrected chi connectivity index (χ3v) is 4.03. The molecule has 0 bridgehead atoms. The lowest BCUT2D eigenvalue weighted by Crippen LogP contribution is -2.33. The van der Waals surface area contributed by atoms with Gasteiger partial charge in [-0.15, -0.1) is 0 Å². The van der Waals surface area contributed by atoms with Gasteiger partial charge in [0.1, 0.15) is 5.69 Å². The lowest BCUT2D eigenvalue weighted by Gasteiger charge is -2.19. The summed E-state index contributed by atoms with van der Waals surface area (Å²) in [6, 6.07) is 3.45. The molecule has 0 atom stereocenters. The van der Waals surface area contributed by atoms with Crippen LogP contribution in [0.1, 0.15) is 46.5 Å². The molecule has 2 fully saturated rings. The number of amides is 2. The molecule has 2 aliphatic rings. The molecule has 1 aromatic heterocycles. The second-order valence-corrected chi connectivity index (χ2v) is 5.40. The molecule has 0 saturated carbocycles. The molecule has 1 aromatic rings. The standard InChI is InChI=1S/C15H19N3O2/c19-14(17-8-1-2-9-17)12-6-5-7-16-13(12)15(20)18-10-3-4-11-18/h5-7H,1-4,8-11H2. The van der Waals surface area contributed by atoms with E-state index in [0.29, 0.717) is 11.3 Å². The van der Waals surface area contributed by atoms with Gasteiger partial charge in [-0.05, 0) is 37.8 Å². The monoisotopic (exact) mass is 273 g/mol. The van der Waals surface area contributed by atoms with Crippen molar-refractivity contribution in [3.8, 4) is 0 Å². The first-order valence-corrected chi connectivity index (χ1v) is 7.31. The molecule has 106 valence electrons. The highest BCUT2D eigenvalue weighted by atomic mass is 16.2. The number of hydrogen-bond acceptors (Lipinski definition) is 3. The average molecular weight is 273 g/mol. The smallest absolute Gasteiger partial charge is 0.273 e. The molecule has 0 unspecified atom stereocenters. The van der Waals surface area contributed by atoms with Crippen LogP contribution in [0.5, 0.6) is 0 Å². The van der Waals surface area contributed by atoms with Crippen molar-refractivity contribution in [1.82, 2.24) is 14.8 Å². The molecule has 5 nitrogen and oxygen atoms in total. The molecule has 3 heterocycles. The van der Waals surface area contributed by atoms with Crippen LogP contribution in [0.4, 0.5) is 0 Å². The van der Waals surface area contributed by atoms with Crippen molar-refractivity contribution < 1.29 is 9.59 Å². The zero-order valence-electron chi connectivity index (χ0n) is 11.5. The predicted molar refractivity (Wildman–Crippen MR) is 74.5 cm³/mol. The minimum Gasteiger partial charge on any atom is -0.339 e. The SMILES string of the molecule is O=C(c1cccnc1C(=O)N1CCCC1)N1CCCC1. The molecular formula is C15H19N3O2. The maximum Gasteiger partial charge on any atom is 0.273 e. The van der Waals surface area contributed by atoms with E-state index in [1.165, 1.54) is 0 Å². The van der Waals surface area contributed by atoms with Gasteiger partial charge >= 0.3 is 0 Å². The summed E-state index contributed by atoms with van der Waals surface area (Å²) in [6.45, 7) is 3.11. The lowest BCUT2D eigenvalue weighted by atomic mass is 10.1. The van der Waals surface area contributed by atoms with E-state index in [2.05, 4.69) is 4.98 Å². The normalized spacial score (nSPS) is 18.6. The molecule has 0 aliphatic carbocycles. The van der Waals surface area contributed by atoms with E-state index in [1.54, 1.807) is 23.2 Å². The number of carbonyl (C=O) groups excluding carboxylic acids is 2. The first kappa shape index (κ1) is 13.1. The van der Waals surface area contributed by atoms with E-state index in [1.807, 2.05) is 4.90 Å². The molecule has 2 saturated heterocycles. The average Bonchev–Trinajstić information content (AvgIpc) is 3.18. The summed E-state index contributed by atoms with van der Waals surface area (Å²) < 4.78 is 0. The zero-order valence-corrected chi connectivity index (χ0v) is 11.5. The Kier molecular flexibility index (Phi) is 3.67. The molecule has 20 heavy (non-hydrogen) atoms. The van der Waals surface area contributed by atoms with E-state index < -0.39 is 0 Å². The van der Waals surface area contributed by atoms with Gasteiger partial charge in [0.2, 0.25) is 0 Å². The molecule has 5 heteroatoms. The number of carbonyl (C=O) groups is 2. The van der Waals surface area contributed by atoms with E-state index in [-0.39, 0.29) is 11.8 Å². The second-order valence-electron chi connectivity index (χ2n) is 5.40. The number of hydrogen-bond donors (Lipinski definition) is 0. The summed E-state index contributed by atoms with van der Waals surface area (Å²) >= 11 is 0. The van der Waals surface area contributed by atoms with Gasteiger partial charge in [0.15, 0.2) is 0 Å². The Morgan fingerprint density at radius 3 is 2.05 bits per heavy atom. The highest BCUT2D eigenvalue weighted by Crippen LogP contribution is 2.18. The van der Waals surface area contributed by atoms with Crippen LogP contribution >= 0.6 is 0 Å². The molecular weight excluding hydrogens is 254 g/mol. The fraction of sp³-hybridized carbons (Fsp3) is 0.533. The fourth-order valence-corrected chi connectivity index (χ4v) is 2.91. The number of nitrogens with zero attached hydrogens (tertiary/aromatic N) is 3. The van der Waals surface area contributed by atoms with Crippen molar-refractivity contribution in [2.45, 2.75) is 25.7 Å². The van der Waals surface area contributed by atoms with Gasteiger partial charge in [0, 0.05) is 32.4 Å². The third-order valence-electron chi connectivity index (χ3n) is 4.03. The Morgan fingerprint density at radius 1 is 0.900 bits per heavy atom. The quantitative estimate of drug-likeness (QED) is 0.821. The molecule has 2 amide bonds. The van der Waals surface area contributed by atoms with Gasteiger partial charge in [0.05, 0.1) is 5.56 Å². The topological polar surface area (TPSA) is 53.5 Å². The van der Waals surface area contributed by atoms with E-state index in [9.17, 15) is 9.59 Å². The van der Waals surface area contributed by atoms with Gasteiger partial charge in [0.25, 0.3) is 11.8 Å². The van der Waals surface area contributed by atoms with Crippen molar-refractivity contribution in [2.75, 3.05) is 26.2 Å². The number of pyridine rings is 1. The van der Waals surface area contributed by atoms with Crippen LogP contribution in [0.3, 0.4) is 0 Å². The number of likely N-dealkylation sites (tertiary alicyclic amines) is 2. The highest BCUT2D eigenvalue weighted by Gasteiger charge is 2.28. The number of aromatic nitrogens is 1. The summed E-state index contributed by atoms with van der Waals surface area (Å²) in [6.07, 6.45) is 5.74. The summed E-state index contributed by atoms with van der Waals surface area (Å²) in [5, 5.41) is 0. The Labute approximate surface area is 118 Å². The van der Waals surface area contributed by atoms with Crippen molar-refractivity contribution in [1.29, 1.82) is 0 Å². The first-order valence-electron chi connectivity index (χ1n) is 7.31. The van der Waals surface area contributed by atoms with Crippen molar-refractivity contribution in [3.63, 3.8) is 0 Å². The van der Waals surface area contributed by atoms with E-state index in [4.69, 9.17) is 0 Å². The van der Waals surface area contributed by atoms with Crippen molar-refractivity contribution in [2.24, 2.45) is 0 Å². The molecule has 0 radical (unpaired) electrons. The van der Waals surface area contributed by atoms with Crippen LogP contribution in [0, 0.1) is 0 Å². The Balaban J connectivity index is 1.87. The van der Waals surface area contributed by atoms with E-state index in [0.717, 1.165) is 51.9 Å². The van der Waals surface area contributed by atoms with Crippen LogP contribution in [0.25, 0.3) is 0 Å². The summed E-state index contributed by atoms with van der Waals surface area (Å²) in [7, 11) is 0.